The molecule has 0 heterocycles. The van der Waals surface area contributed by atoms with Crippen molar-refractivity contribution in [1.29, 1.82) is 0 Å². The second-order valence-corrected chi connectivity index (χ2v) is 6.59. The van der Waals surface area contributed by atoms with Crippen LogP contribution in [-0.2, 0) is 19.6 Å². The third-order valence-electron chi connectivity index (χ3n) is 2.08. The lowest BCUT2D eigenvalue weighted by Crippen LogP contribution is -2.36. The Balaban J connectivity index is 3.22. The first-order valence-electron chi connectivity index (χ1n) is 4.75. The Hall–Kier alpha value is -0.900. The third kappa shape index (κ3) is 3.80. The van der Waals surface area contributed by atoms with Crippen molar-refractivity contribution in [3.8, 4) is 0 Å². The molecule has 8 heteroatoms. The zero-order valence-electron chi connectivity index (χ0n) is 9.68. The molecular formula is C10H11FINO4S. The summed E-state index contributed by atoms with van der Waals surface area (Å²) in [6, 6.07) is 4.04. The van der Waals surface area contributed by atoms with Gasteiger partial charge in [0, 0.05) is 3.57 Å². The van der Waals surface area contributed by atoms with Gasteiger partial charge in [0.2, 0.25) is 10.0 Å². The van der Waals surface area contributed by atoms with Gasteiger partial charge in [-0.3, -0.25) is 9.10 Å². The summed E-state index contributed by atoms with van der Waals surface area (Å²) in [6.45, 7) is -0.563. The molecular weight excluding hydrogens is 376 g/mol. The summed E-state index contributed by atoms with van der Waals surface area (Å²) in [4.78, 5) is 11.2. The number of esters is 1. The average molecular weight is 387 g/mol. The molecule has 1 aromatic rings. The molecule has 1 rings (SSSR count). The van der Waals surface area contributed by atoms with Gasteiger partial charge < -0.3 is 4.74 Å². The van der Waals surface area contributed by atoms with E-state index in [0.717, 1.165) is 13.4 Å². The van der Waals surface area contributed by atoms with Crippen LogP contribution < -0.4 is 4.31 Å². The van der Waals surface area contributed by atoms with E-state index >= 15 is 0 Å². The Morgan fingerprint density at radius 2 is 2.11 bits per heavy atom. The standard InChI is InChI=1S/C10H11FINO4S/c1-17-10(14)6-13(18(2,15)16)9-4-3-7(12)5-8(9)11/h3-5H,6H2,1-2H3. The predicted octanol–water partition coefficient (Wildman–Crippen LogP) is 1.37. The fraction of sp³-hybridized carbons (Fsp3) is 0.300. The fourth-order valence-electron chi connectivity index (χ4n) is 1.25. The third-order valence-corrected chi connectivity index (χ3v) is 3.88. The van der Waals surface area contributed by atoms with E-state index in [1.165, 1.54) is 12.1 Å². The Kier molecular flexibility index (Phi) is 4.91. The van der Waals surface area contributed by atoms with Crippen LogP contribution in [0, 0.1) is 9.39 Å². The Labute approximate surface area is 118 Å². The quantitative estimate of drug-likeness (QED) is 0.579. The Morgan fingerprint density at radius 3 is 2.56 bits per heavy atom. The number of nitrogens with zero attached hydrogens (tertiary/aromatic N) is 1. The summed E-state index contributed by atoms with van der Waals surface area (Å²) in [5.74, 6) is -1.48. The highest BCUT2D eigenvalue weighted by Gasteiger charge is 2.23. The monoisotopic (exact) mass is 387 g/mol. The van der Waals surface area contributed by atoms with Gasteiger partial charge in [-0.25, -0.2) is 12.8 Å². The van der Waals surface area contributed by atoms with Gasteiger partial charge in [-0.05, 0) is 40.8 Å². The lowest BCUT2D eigenvalue weighted by Gasteiger charge is -2.21. The van der Waals surface area contributed by atoms with Crippen molar-refractivity contribution in [2.45, 2.75) is 0 Å². The molecule has 0 aromatic heterocycles. The van der Waals surface area contributed by atoms with Crippen molar-refractivity contribution >= 4 is 44.3 Å². The van der Waals surface area contributed by atoms with Crippen LogP contribution in [0.1, 0.15) is 0 Å². The summed E-state index contributed by atoms with van der Waals surface area (Å²) in [5, 5.41) is 0. The number of benzene rings is 1. The van der Waals surface area contributed by atoms with Crippen molar-refractivity contribution in [2.24, 2.45) is 0 Å². The van der Waals surface area contributed by atoms with E-state index in [1.54, 1.807) is 6.07 Å². The number of anilines is 1. The predicted molar refractivity (Wildman–Crippen MR) is 73.3 cm³/mol. The summed E-state index contributed by atoms with van der Waals surface area (Å²) in [7, 11) is -2.64. The molecule has 1 aromatic carbocycles. The number of halogens is 2. The van der Waals surface area contributed by atoms with E-state index < -0.39 is 28.4 Å². The van der Waals surface area contributed by atoms with Crippen LogP contribution in [0.3, 0.4) is 0 Å². The minimum absolute atomic E-state index is 0.177. The molecule has 0 saturated heterocycles. The molecule has 5 nitrogen and oxygen atoms in total. The summed E-state index contributed by atoms with van der Waals surface area (Å²) in [6.07, 6.45) is 0.896. The Bertz CT molecular complexity index is 561. The molecule has 0 spiro atoms. The maximum atomic E-state index is 13.7. The van der Waals surface area contributed by atoms with Crippen molar-refractivity contribution in [2.75, 3.05) is 24.2 Å². The minimum Gasteiger partial charge on any atom is -0.468 e. The summed E-state index contributed by atoms with van der Waals surface area (Å²) < 4.78 is 42.6. The second kappa shape index (κ2) is 5.83. The number of carbonyl (C=O) groups excluding carboxylic acids is 1. The number of rotatable bonds is 4. The van der Waals surface area contributed by atoms with E-state index in [0.29, 0.717) is 7.88 Å². The summed E-state index contributed by atoms with van der Waals surface area (Å²) in [5.41, 5.74) is -0.177. The average Bonchev–Trinajstić information content (AvgIpc) is 2.25. The first-order chi connectivity index (χ1) is 8.25. The molecule has 0 saturated carbocycles. The number of methoxy groups -OCH3 is 1. The zero-order chi connectivity index (χ0) is 13.9. The maximum absolute atomic E-state index is 13.7. The van der Waals surface area contributed by atoms with E-state index in [-0.39, 0.29) is 5.69 Å². The molecule has 0 radical (unpaired) electrons. The van der Waals surface area contributed by atoms with Crippen LogP contribution in [0.4, 0.5) is 10.1 Å². The molecule has 0 N–H and O–H groups in total. The van der Waals surface area contributed by atoms with Crippen molar-refractivity contribution in [3.05, 3.63) is 27.6 Å². The van der Waals surface area contributed by atoms with E-state index in [9.17, 15) is 17.6 Å². The van der Waals surface area contributed by atoms with Crippen LogP contribution in [0.5, 0.6) is 0 Å². The van der Waals surface area contributed by atoms with E-state index in [2.05, 4.69) is 4.74 Å². The molecule has 0 fully saturated rings. The normalized spacial score (nSPS) is 11.1. The van der Waals surface area contributed by atoms with Gasteiger partial charge >= 0.3 is 5.97 Å². The number of ether oxygens (including phenoxy) is 1. The smallest absolute Gasteiger partial charge is 0.326 e. The molecule has 0 atom stereocenters. The zero-order valence-corrected chi connectivity index (χ0v) is 12.7. The second-order valence-electron chi connectivity index (χ2n) is 3.44. The van der Waals surface area contributed by atoms with Crippen molar-refractivity contribution in [3.63, 3.8) is 0 Å². The minimum atomic E-state index is -3.77. The lowest BCUT2D eigenvalue weighted by molar-refractivity contribution is -0.138. The highest BCUT2D eigenvalue weighted by Crippen LogP contribution is 2.23. The number of sulfonamides is 1. The van der Waals surface area contributed by atoms with Gasteiger partial charge in [0.1, 0.15) is 12.4 Å². The lowest BCUT2D eigenvalue weighted by atomic mass is 10.3. The van der Waals surface area contributed by atoms with Gasteiger partial charge in [-0.1, -0.05) is 0 Å². The molecule has 0 aliphatic carbocycles. The first-order valence-corrected chi connectivity index (χ1v) is 7.68. The largest absolute Gasteiger partial charge is 0.468 e. The molecule has 18 heavy (non-hydrogen) atoms. The molecule has 100 valence electrons. The number of carbonyl (C=O) groups is 1. The van der Waals surface area contributed by atoms with E-state index in [1.807, 2.05) is 22.6 Å². The maximum Gasteiger partial charge on any atom is 0.326 e. The van der Waals surface area contributed by atoms with Gasteiger partial charge in [0.25, 0.3) is 0 Å². The van der Waals surface area contributed by atoms with E-state index in [4.69, 9.17) is 0 Å². The van der Waals surface area contributed by atoms with Crippen LogP contribution in [0.2, 0.25) is 0 Å². The topological polar surface area (TPSA) is 63.7 Å². The fourth-order valence-corrected chi connectivity index (χ4v) is 2.54. The highest BCUT2D eigenvalue weighted by atomic mass is 127. The van der Waals surface area contributed by atoms with Crippen LogP contribution >= 0.6 is 22.6 Å². The van der Waals surface area contributed by atoms with Gasteiger partial charge in [-0.2, -0.15) is 0 Å². The molecule has 0 amide bonds. The SMILES string of the molecule is COC(=O)CN(c1ccc(I)cc1F)S(C)(=O)=O. The molecule has 0 aliphatic heterocycles. The van der Waals surface area contributed by atoms with Crippen LogP contribution in [-0.4, -0.2) is 34.3 Å². The first kappa shape index (κ1) is 15.2. The number of hydrogen-bond acceptors (Lipinski definition) is 4. The molecule has 0 unspecified atom stereocenters. The van der Waals surface area contributed by atoms with Crippen molar-refractivity contribution in [1.82, 2.24) is 0 Å². The van der Waals surface area contributed by atoms with Crippen molar-refractivity contribution < 1.29 is 22.3 Å². The summed E-state index contributed by atoms with van der Waals surface area (Å²) >= 11 is 1.90. The molecule has 0 aliphatic rings. The molecule has 0 bridgehead atoms. The number of hydrogen-bond donors (Lipinski definition) is 0. The van der Waals surface area contributed by atoms with Crippen LogP contribution in [0.15, 0.2) is 18.2 Å². The van der Waals surface area contributed by atoms with Gasteiger partial charge in [0.15, 0.2) is 0 Å². The van der Waals surface area contributed by atoms with Crippen LogP contribution in [0.25, 0.3) is 0 Å². The van der Waals surface area contributed by atoms with Gasteiger partial charge in [-0.15, -0.1) is 0 Å². The van der Waals surface area contributed by atoms with Gasteiger partial charge in [0.05, 0.1) is 19.1 Å². The highest BCUT2D eigenvalue weighted by molar-refractivity contribution is 14.1. The Morgan fingerprint density at radius 1 is 1.50 bits per heavy atom.